The van der Waals surface area contributed by atoms with Gasteiger partial charge in [0.2, 0.25) is 0 Å². The van der Waals surface area contributed by atoms with Crippen LogP contribution in [0.3, 0.4) is 0 Å². The van der Waals surface area contributed by atoms with Crippen molar-refractivity contribution >= 4 is 17.5 Å². The van der Waals surface area contributed by atoms with E-state index in [1.807, 2.05) is 6.21 Å². The smallest absolute Gasteiger partial charge is 0.159 e. The summed E-state index contributed by atoms with van der Waals surface area (Å²) in [6, 6.07) is 10.3. The number of aliphatic imine (C=N–C) groups is 1. The van der Waals surface area contributed by atoms with Crippen LogP contribution in [0.2, 0.25) is 0 Å². The SMILES string of the molecule is C=C(c1ccc2c(c1)N=CC2c1ccc(F)c(F)c1)C1CCCCC1. The summed E-state index contributed by atoms with van der Waals surface area (Å²) in [5.41, 5.74) is 5.01. The van der Waals surface area contributed by atoms with Gasteiger partial charge in [-0.3, -0.25) is 4.99 Å². The molecule has 0 bridgehead atoms. The van der Waals surface area contributed by atoms with E-state index in [1.54, 1.807) is 6.07 Å². The Bertz CT molecular complexity index is 847. The van der Waals surface area contributed by atoms with Crippen molar-refractivity contribution in [1.29, 1.82) is 0 Å². The molecule has 1 heterocycles. The van der Waals surface area contributed by atoms with Crippen molar-refractivity contribution in [3.8, 4) is 0 Å². The van der Waals surface area contributed by atoms with Crippen molar-refractivity contribution < 1.29 is 8.78 Å². The molecule has 25 heavy (non-hydrogen) atoms. The fourth-order valence-electron chi connectivity index (χ4n) is 4.01. The molecule has 2 aliphatic rings. The number of halogens is 2. The van der Waals surface area contributed by atoms with E-state index in [9.17, 15) is 8.78 Å². The van der Waals surface area contributed by atoms with Crippen molar-refractivity contribution in [2.75, 3.05) is 0 Å². The maximum Gasteiger partial charge on any atom is 0.159 e. The van der Waals surface area contributed by atoms with Gasteiger partial charge in [-0.25, -0.2) is 8.78 Å². The van der Waals surface area contributed by atoms with E-state index in [1.165, 1.54) is 49.8 Å². The lowest BCUT2D eigenvalue weighted by atomic mass is 9.81. The fourth-order valence-corrected chi connectivity index (χ4v) is 4.01. The number of benzene rings is 2. The summed E-state index contributed by atoms with van der Waals surface area (Å²) >= 11 is 0. The fraction of sp³-hybridized carbons (Fsp3) is 0.318. The highest BCUT2D eigenvalue weighted by Gasteiger charge is 2.24. The van der Waals surface area contributed by atoms with Gasteiger partial charge in [0, 0.05) is 12.1 Å². The zero-order chi connectivity index (χ0) is 17.4. The highest BCUT2D eigenvalue weighted by atomic mass is 19.2. The van der Waals surface area contributed by atoms with Crippen LogP contribution in [0.25, 0.3) is 5.57 Å². The largest absolute Gasteiger partial charge is 0.260 e. The lowest BCUT2D eigenvalue weighted by Gasteiger charge is -2.24. The first-order valence-corrected chi connectivity index (χ1v) is 8.96. The van der Waals surface area contributed by atoms with Crippen molar-refractivity contribution in [1.82, 2.24) is 0 Å². The maximum atomic E-state index is 13.6. The number of nitrogens with zero attached hydrogens (tertiary/aromatic N) is 1. The highest BCUT2D eigenvalue weighted by molar-refractivity contribution is 5.85. The molecule has 0 amide bonds. The van der Waals surface area contributed by atoms with Gasteiger partial charge in [-0.05, 0) is 59.2 Å². The van der Waals surface area contributed by atoms with Gasteiger partial charge in [0.05, 0.1) is 5.69 Å². The molecule has 1 nitrogen and oxygen atoms in total. The van der Waals surface area contributed by atoms with Gasteiger partial charge in [0.25, 0.3) is 0 Å². The van der Waals surface area contributed by atoms with E-state index in [-0.39, 0.29) is 5.92 Å². The molecule has 0 saturated heterocycles. The molecule has 4 rings (SSSR count). The number of hydrogen-bond donors (Lipinski definition) is 0. The Kier molecular flexibility index (Phi) is 4.24. The van der Waals surface area contributed by atoms with Crippen LogP contribution in [0, 0.1) is 17.6 Å². The number of fused-ring (bicyclic) bond motifs is 1. The molecule has 128 valence electrons. The van der Waals surface area contributed by atoms with Crippen LogP contribution in [-0.4, -0.2) is 6.21 Å². The third-order valence-electron chi connectivity index (χ3n) is 5.50. The summed E-state index contributed by atoms with van der Waals surface area (Å²) in [6.45, 7) is 4.33. The quantitative estimate of drug-likeness (QED) is 0.614. The first kappa shape index (κ1) is 16.2. The molecule has 2 aromatic rings. The summed E-state index contributed by atoms with van der Waals surface area (Å²) < 4.78 is 26.7. The summed E-state index contributed by atoms with van der Waals surface area (Å²) in [7, 11) is 0. The number of rotatable bonds is 3. The average Bonchev–Trinajstić information content (AvgIpc) is 3.07. The molecular weight excluding hydrogens is 316 g/mol. The van der Waals surface area contributed by atoms with Crippen LogP contribution in [0.1, 0.15) is 54.7 Å². The standard InChI is InChI=1S/C22H21F2N/c1-14(15-5-3-2-4-6-15)16-7-9-18-19(13-25-22(18)12-16)17-8-10-20(23)21(24)11-17/h7-13,15,19H,1-6H2. The predicted octanol–water partition coefficient (Wildman–Crippen LogP) is 6.41. The Balaban J connectivity index is 1.61. The molecule has 0 aromatic heterocycles. The second-order valence-corrected chi connectivity index (χ2v) is 7.06. The van der Waals surface area contributed by atoms with Crippen LogP contribution >= 0.6 is 0 Å². The van der Waals surface area contributed by atoms with Gasteiger partial charge >= 0.3 is 0 Å². The molecule has 1 atom stereocenters. The first-order valence-electron chi connectivity index (χ1n) is 8.96. The first-order chi connectivity index (χ1) is 12.1. The number of allylic oxidation sites excluding steroid dienone is 1. The van der Waals surface area contributed by atoms with Crippen LogP contribution in [-0.2, 0) is 0 Å². The predicted molar refractivity (Wildman–Crippen MR) is 98.4 cm³/mol. The summed E-state index contributed by atoms with van der Waals surface area (Å²) in [5.74, 6) is -1.19. The topological polar surface area (TPSA) is 12.4 Å². The minimum absolute atomic E-state index is 0.123. The maximum absolute atomic E-state index is 13.6. The van der Waals surface area contributed by atoms with E-state index < -0.39 is 11.6 Å². The van der Waals surface area contributed by atoms with Crippen molar-refractivity contribution in [3.05, 3.63) is 71.3 Å². The van der Waals surface area contributed by atoms with Gasteiger partial charge in [-0.15, -0.1) is 0 Å². The van der Waals surface area contributed by atoms with Crippen LogP contribution in [0.4, 0.5) is 14.5 Å². The van der Waals surface area contributed by atoms with E-state index in [0.29, 0.717) is 5.92 Å². The molecule has 1 aliphatic heterocycles. The monoisotopic (exact) mass is 337 g/mol. The van der Waals surface area contributed by atoms with Crippen molar-refractivity contribution in [2.45, 2.75) is 38.0 Å². The van der Waals surface area contributed by atoms with Gasteiger partial charge in [-0.1, -0.05) is 44.0 Å². The number of hydrogen-bond acceptors (Lipinski definition) is 1. The van der Waals surface area contributed by atoms with E-state index >= 15 is 0 Å². The molecule has 1 aliphatic carbocycles. The van der Waals surface area contributed by atoms with Crippen LogP contribution < -0.4 is 0 Å². The van der Waals surface area contributed by atoms with Crippen LogP contribution in [0.5, 0.6) is 0 Å². The molecule has 1 fully saturated rings. The molecule has 0 spiro atoms. The van der Waals surface area contributed by atoms with E-state index in [2.05, 4.69) is 29.8 Å². The molecule has 0 N–H and O–H groups in total. The third-order valence-corrected chi connectivity index (χ3v) is 5.50. The molecular formula is C22H21F2N. The van der Waals surface area contributed by atoms with Crippen molar-refractivity contribution in [2.24, 2.45) is 10.9 Å². The van der Waals surface area contributed by atoms with Gasteiger partial charge in [0.1, 0.15) is 0 Å². The zero-order valence-corrected chi connectivity index (χ0v) is 14.1. The van der Waals surface area contributed by atoms with Gasteiger partial charge in [0.15, 0.2) is 11.6 Å². The zero-order valence-electron chi connectivity index (χ0n) is 14.1. The summed E-state index contributed by atoms with van der Waals surface area (Å²) in [5, 5.41) is 0. The third kappa shape index (κ3) is 3.04. The molecule has 1 unspecified atom stereocenters. The minimum Gasteiger partial charge on any atom is -0.260 e. The Hall–Kier alpha value is -2.29. The highest BCUT2D eigenvalue weighted by Crippen LogP contribution is 2.40. The van der Waals surface area contributed by atoms with Crippen LogP contribution in [0.15, 0.2) is 48.0 Å². The Morgan fingerprint density at radius 3 is 2.52 bits per heavy atom. The Labute approximate surface area is 147 Å². The minimum atomic E-state index is -0.821. The van der Waals surface area contributed by atoms with Gasteiger partial charge in [-0.2, -0.15) is 0 Å². The lowest BCUT2D eigenvalue weighted by molar-refractivity contribution is 0.430. The van der Waals surface area contributed by atoms with Gasteiger partial charge < -0.3 is 0 Å². The second-order valence-electron chi connectivity index (χ2n) is 7.06. The lowest BCUT2D eigenvalue weighted by Crippen LogP contribution is -2.08. The molecule has 0 radical (unpaired) electrons. The molecule has 2 aromatic carbocycles. The van der Waals surface area contributed by atoms with Crippen molar-refractivity contribution in [3.63, 3.8) is 0 Å². The Morgan fingerprint density at radius 1 is 0.960 bits per heavy atom. The second kappa shape index (κ2) is 6.55. The van der Waals surface area contributed by atoms with E-state index in [4.69, 9.17) is 0 Å². The Morgan fingerprint density at radius 2 is 1.76 bits per heavy atom. The summed E-state index contributed by atoms with van der Waals surface area (Å²) in [6.07, 6.45) is 8.14. The molecule has 1 saturated carbocycles. The average molecular weight is 337 g/mol. The molecule has 3 heteroatoms. The summed E-state index contributed by atoms with van der Waals surface area (Å²) in [4.78, 5) is 4.52. The van der Waals surface area contributed by atoms with E-state index in [0.717, 1.165) is 22.4 Å². The normalized spacial score (nSPS) is 19.8.